The molecule has 0 fully saturated rings. The summed E-state index contributed by atoms with van der Waals surface area (Å²) in [6.07, 6.45) is 3.55. The average molecular weight is 165 g/mol. The van der Waals surface area contributed by atoms with Gasteiger partial charge in [-0.2, -0.15) is 0 Å². The van der Waals surface area contributed by atoms with Crippen LogP contribution in [0.3, 0.4) is 0 Å². The summed E-state index contributed by atoms with van der Waals surface area (Å²) in [6, 6.07) is 1.89. The molecule has 1 aromatic heterocycles. The van der Waals surface area contributed by atoms with Crippen LogP contribution < -0.4 is 4.74 Å². The van der Waals surface area contributed by atoms with Gasteiger partial charge in [0.1, 0.15) is 11.4 Å². The minimum absolute atomic E-state index is 0.133. The summed E-state index contributed by atoms with van der Waals surface area (Å²) in [5.74, 6) is 0.914. The molecular weight excluding hydrogens is 150 g/mol. The lowest BCUT2D eigenvalue weighted by Gasteiger charge is -2.22. The summed E-state index contributed by atoms with van der Waals surface area (Å²) in [4.78, 5) is 3.99. The third-order valence-corrected chi connectivity index (χ3v) is 1.38. The fourth-order valence-corrected chi connectivity index (χ4v) is 0.905. The molecule has 0 radical (unpaired) electrons. The molecule has 2 heteroatoms. The topological polar surface area (TPSA) is 22.1 Å². The zero-order chi connectivity index (χ0) is 9.19. The molecule has 2 nitrogen and oxygen atoms in total. The first kappa shape index (κ1) is 9.04. The summed E-state index contributed by atoms with van der Waals surface area (Å²) in [5.41, 5.74) is 0.943. The Hall–Kier alpha value is -1.05. The van der Waals surface area contributed by atoms with E-state index in [9.17, 15) is 0 Å². The first-order chi connectivity index (χ1) is 5.49. The maximum atomic E-state index is 5.69. The van der Waals surface area contributed by atoms with Gasteiger partial charge in [0.2, 0.25) is 0 Å². The highest BCUT2D eigenvalue weighted by Gasteiger charge is 2.12. The quantitative estimate of drug-likeness (QED) is 0.638. The van der Waals surface area contributed by atoms with Crippen molar-refractivity contribution in [2.45, 2.75) is 33.3 Å². The van der Waals surface area contributed by atoms with Crippen LogP contribution >= 0.6 is 0 Å². The summed E-state index contributed by atoms with van der Waals surface area (Å²) in [6.45, 7) is 8.10. The van der Waals surface area contributed by atoms with E-state index in [1.54, 1.807) is 12.4 Å². The fraction of sp³-hybridized carbons (Fsp3) is 0.500. The summed E-state index contributed by atoms with van der Waals surface area (Å²) < 4.78 is 5.69. The van der Waals surface area contributed by atoms with E-state index in [2.05, 4.69) is 4.98 Å². The van der Waals surface area contributed by atoms with Crippen molar-refractivity contribution in [2.24, 2.45) is 0 Å². The van der Waals surface area contributed by atoms with Gasteiger partial charge in [-0.15, -0.1) is 0 Å². The zero-order valence-electron chi connectivity index (χ0n) is 8.09. The Morgan fingerprint density at radius 1 is 1.33 bits per heavy atom. The zero-order valence-corrected chi connectivity index (χ0v) is 8.09. The molecule has 0 N–H and O–H groups in total. The van der Waals surface area contributed by atoms with Crippen LogP contribution in [0.1, 0.15) is 26.3 Å². The van der Waals surface area contributed by atoms with Crippen LogP contribution in [0, 0.1) is 6.92 Å². The number of aryl methyl sites for hydroxylation is 1. The number of hydrogen-bond acceptors (Lipinski definition) is 2. The van der Waals surface area contributed by atoms with Crippen LogP contribution in [0.5, 0.6) is 5.75 Å². The van der Waals surface area contributed by atoms with Crippen molar-refractivity contribution in [2.75, 3.05) is 0 Å². The van der Waals surface area contributed by atoms with Crippen LogP contribution in [0.2, 0.25) is 0 Å². The summed E-state index contributed by atoms with van der Waals surface area (Å²) in [7, 11) is 0. The van der Waals surface area contributed by atoms with Crippen LogP contribution in [0.25, 0.3) is 0 Å². The number of rotatable bonds is 1. The number of nitrogens with zero attached hydrogens (tertiary/aromatic N) is 1. The Kier molecular flexibility index (Phi) is 2.36. The molecule has 0 aliphatic rings. The first-order valence-electron chi connectivity index (χ1n) is 4.09. The van der Waals surface area contributed by atoms with E-state index in [1.165, 1.54) is 0 Å². The van der Waals surface area contributed by atoms with E-state index < -0.39 is 0 Å². The van der Waals surface area contributed by atoms with Gasteiger partial charge >= 0.3 is 0 Å². The molecule has 1 heterocycles. The normalized spacial score (nSPS) is 11.3. The van der Waals surface area contributed by atoms with E-state index in [4.69, 9.17) is 4.74 Å². The van der Waals surface area contributed by atoms with E-state index in [0.29, 0.717) is 0 Å². The smallest absolute Gasteiger partial charge is 0.126 e. The van der Waals surface area contributed by atoms with Crippen molar-refractivity contribution in [1.82, 2.24) is 4.98 Å². The molecule has 0 saturated heterocycles. The Morgan fingerprint density at radius 3 is 2.50 bits per heavy atom. The lowest BCUT2D eigenvalue weighted by Crippen LogP contribution is -2.23. The molecule has 0 unspecified atom stereocenters. The highest BCUT2D eigenvalue weighted by atomic mass is 16.5. The monoisotopic (exact) mass is 165 g/mol. The first-order valence-corrected chi connectivity index (χ1v) is 4.09. The molecular formula is C10H15NO. The predicted octanol–water partition coefficient (Wildman–Crippen LogP) is 2.57. The molecule has 1 rings (SSSR count). The maximum Gasteiger partial charge on any atom is 0.126 e. The standard InChI is InChI=1S/C10H15NO/c1-8-7-11-6-5-9(8)12-10(2,3)4/h5-7H,1-4H3. The van der Waals surface area contributed by atoms with Crippen LogP contribution in [0.4, 0.5) is 0 Å². The van der Waals surface area contributed by atoms with Crippen LogP contribution in [-0.4, -0.2) is 10.6 Å². The molecule has 0 atom stereocenters. The van der Waals surface area contributed by atoms with Gasteiger partial charge < -0.3 is 4.74 Å². The third kappa shape index (κ3) is 2.53. The Morgan fingerprint density at radius 2 is 2.00 bits per heavy atom. The lowest BCUT2D eigenvalue weighted by molar-refractivity contribution is 0.129. The molecule has 0 saturated carbocycles. The summed E-state index contributed by atoms with van der Waals surface area (Å²) in [5, 5.41) is 0. The van der Waals surface area contributed by atoms with Gasteiger partial charge in [-0.3, -0.25) is 4.98 Å². The Labute approximate surface area is 73.6 Å². The second kappa shape index (κ2) is 3.13. The molecule has 0 amide bonds. The maximum absolute atomic E-state index is 5.69. The molecule has 66 valence electrons. The van der Waals surface area contributed by atoms with Gasteiger partial charge in [0.05, 0.1) is 0 Å². The van der Waals surface area contributed by atoms with Crippen LogP contribution in [-0.2, 0) is 0 Å². The van der Waals surface area contributed by atoms with Crippen molar-refractivity contribution in [1.29, 1.82) is 0 Å². The van der Waals surface area contributed by atoms with Crippen molar-refractivity contribution in [3.63, 3.8) is 0 Å². The Balaban J connectivity index is 2.83. The molecule has 0 aliphatic carbocycles. The number of ether oxygens (including phenoxy) is 1. The van der Waals surface area contributed by atoms with Gasteiger partial charge in [0.15, 0.2) is 0 Å². The fourth-order valence-electron chi connectivity index (χ4n) is 0.905. The van der Waals surface area contributed by atoms with Gasteiger partial charge in [-0.1, -0.05) is 0 Å². The van der Waals surface area contributed by atoms with Gasteiger partial charge in [0.25, 0.3) is 0 Å². The second-order valence-electron chi connectivity index (χ2n) is 3.86. The summed E-state index contributed by atoms with van der Waals surface area (Å²) >= 11 is 0. The van der Waals surface area contributed by atoms with Crippen LogP contribution in [0.15, 0.2) is 18.5 Å². The molecule has 0 spiro atoms. The Bertz CT molecular complexity index is 263. The highest BCUT2D eigenvalue weighted by molar-refractivity contribution is 5.28. The molecule has 12 heavy (non-hydrogen) atoms. The number of pyridine rings is 1. The van der Waals surface area contributed by atoms with Crippen molar-refractivity contribution in [3.05, 3.63) is 24.0 Å². The molecule has 1 aromatic rings. The van der Waals surface area contributed by atoms with E-state index in [0.717, 1.165) is 11.3 Å². The molecule has 0 bridgehead atoms. The van der Waals surface area contributed by atoms with Gasteiger partial charge in [-0.05, 0) is 33.8 Å². The van der Waals surface area contributed by atoms with Gasteiger partial charge in [-0.25, -0.2) is 0 Å². The molecule has 0 aliphatic heterocycles. The van der Waals surface area contributed by atoms with Crippen molar-refractivity contribution in [3.8, 4) is 5.75 Å². The predicted molar refractivity (Wildman–Crippen MR) is 49.4 cm³/mol. The highest BCUT2D eigenvalue weighted by Crippen LogP contribution is 2.20. The SMILES string of the molecule is Cc1cnccc1OC(C)(C)C. The third-order valence-electron chi connectivity index (χ3n) is 1.38. The minimum Gasteiger partial charge on any atom is -0.488 e. The van der Waals surface area contributed by atoms with E-state index in [1.807, 2.05) is 33.8 Å². The van der Waals surface area contributed by atoms with Crippen molar-refractivity contribution < 1.29 is 4.74 Å². The van der Waals surface area contributed by atoms with Gasteiger partial charge in [0, 0.05) is 18.0 Å². The average Bonchev–Trinajstić information content (AvgIpc) is 1.91. The van der Waals surface area contributed by atoms with E-state index in [-0.39, 0.29) is 5.60 Å². The van der Waals surface area contributed by atoms with Crippen molar-refractivity contribution >= 4 is 0 Å². The second-order valence-corrected chi connectivity index (χ2v) is 3.86. The largest absolute Gasteiger partial charge is 0.488 e. The minimum atomic E-state index is -0.133. The van der Waals surface area contributed by atoms with E-state index >= 15 is 0 Å². The molecule has 0 aromatic carbocycles. The number of aromatic nitrogens is 1. The lowest BCUT2D eigenvalue weighted by atomic mass is 10.2. The number of hydrogen-bond donors (Lipinski definition) is 0.